The van der Waals surface area contributed by atoms with Crippen molar-refractivity contribution >= 4 is 0 Å². The van der Waals surface area contributed by atoms with Crippen LogP contribution in [0.3, 0.4) is 0 Å². The highest BCUT2D eigenvalue weighted by atomic mass is 15.2. The molecular weight excluding hydrogens is 134 g/mol. The quantitative estimate of drug-likeness (QED) is 0.603. The molecule has 1 heterocycles. The van der Waals surface area contributed by atoms with Gasteiger partial charge in [0.25, 0.3) is 0 Å². The van der Waals surface area contributed by atoms with Gasteiger partial charge in [0.2, 0.25) is 0 Å². The molecule has 0 unspecified atom stereocenters. The van der Waals surface area contributed by atoms with Crippen LogP contribution in [0.1, 0.15) is 39.5 Å². The Morgan fingerprint density at radius 1 is 1.18 bits per heavy atom. The van der Waals surface area contributed by atoms with E-state index in [2.05, 4.69) is 25.2 Å². The van der Waals surface area contributed by atoms with Gasteiger partial charge in [-0.1, -0.05) is 13.8 Å². The van der Waals surface area contributed by atoms with Crippen molar-refractivity contribution in [1.82, 2.24) is 4.90 Å². The second kappa shape index (κ2) is 4.76. The van der Waals surface area contributed by atoms with E-state index >= 15 is 0 Å². The normalized spacial score (nSPS) is 21.0. The van der Waals surface area contributed by atoms with E-state index in [-0.39, 0.29) is 0 Å². The van der Waals surface area contributed by atoms with Crippen molar-refractivity contribution in [3.63, 3.8) is 0 Å². The predicted octanol–water partition coefficient (Wildman–Crippen LogP) is 2.48. The molecule has 1 heteroatoms. The summed E-state index contributed by atoms with van der Waals surface area (Å²) in [5.74, 6) is 0. The van der Waals surface area contributed by atoms with Gasteiger partial charge in [-0.15, -0.1) is 0 Å². The van der Waals surface area contributed by atoms with Gasteiger partial charge in [-0.2, -0.15) is 0 Å². The van der Waals surface area contributed by atoms with Crippen LogP contribution < -0.4 is 0 Å². The van der Waals surface area contributed by atoms with Gasteiger partial charge < -0.3 is 4.90 Å². The van der Waals surface area contributed by atoms with Crippen molar-refractivity contribution in [2.24, 2.45) is 0 Å². The van der Waals surface area contributed by atoms with E-state index in [0.29, 0.717) is 0 Å². The molecule has 0 bridgehead atoms. The first-order valence-electron chi connectivity index (χ1n) is 4.94. The van der Waals surface area contributed by atoms with Crippen LogP contribution in [0.15, 0.2) is 0 Å². The van der Waals surface area contributed by atoms with Gasteiger partial charge in [0, 0.05) is 6.04 Å². The molecule has 1 radical (unpaired) electrons. The Hall–Kier alpha value is -0.0400. The molecule has 0 spiro atoms. The van der Waals surface area contributed by atoms with E-state index in [1.54, 1.807) is 0 Å². The Balaban J connectivity index is 2.30. The third-order valence-electron chi connectivity index (χ3n) is 2.70. The van der Waals surface area contributed by atoms with Crippen LogP contribution in [0.4, 0.5) is 0 Å². The van der Waals surface area contributed by atoms with Crippen LogP contribution in [0, 0.1) is 6.42 Å². The minimum Gasteiger partial charge on any atom is -0.300 e. The zero-order valence-electron chi connectivity index (χ0n) is 7.84. The Labute approximate surface area is 70.8 Å². The SMILES string of the molecule is CCC(CC)N1CC[CH]CC1. The van der Waals surface area contributed by atoms with E-state index < -0.39 is 0 Å². The van der Waals surface area contributed by atoms with Crippen molar-refractivity contribution in [2.75, 3.05) is 13.1 Å². The van der Waals surface area contributed by atoms with Crippen LogP contribution in [0.5, 0.6) is 0 Å². The number of rotatable bonds is 3. The van der Waals surface area contributed by atoms with Crippen LogP contribution in [0.25, 0.3) is 0 Å². The van der Waals surface area contributed by atoms with Crippen molar-refractivity contribution in [3.05, 3.63) is 6.42 Å². The standard InChI is InChI=1S/C10H20N/c1-3-10(4-2)11-8-6-5-7-9-11/h5,10H,3-4,6-9H2,1-2H3. The first-order chi connectivity index (χ1) is 5.38. The topological polar surface area (TPSA) is 3.24 Å². The molecule has 0 amide bonds. The van der Waals surface area contributed by atoms with Gasteiger partial charge in [-0.3, -0.25) is 0 Å². The lowest BCUT2D eigenvalue weighted by Crippen LogP contribution is -2.38. The molecule has 1 rings (SSSR count). The summed E-state index contributed by atoms with van der Waals surface area (Å²) < 4.78 is 0. The van der Waals surface area contributed by atoms with Gasteiger partial charge >= 0.3 is 0 Å². The number of piperidine rings is 1. The Kier molecular flexibility index (Phi) is 3.92. The molecule has 1 nitrogen and oxygen atoms in total. The maximum atomic E-state index is 2.64. The number of hydrogen-bond acceptors (Lipinski definition) is 1. The fraction of sp³-hybridized carbons (Fsp3) is 0.900. The zero-order valence-corrected chi connectivity index (χ0v) is 7.84. The number of hydrogen-bond donors (Lipinski definition) is 0. The minimum atomic E-state index is 0.851. The van der Waals surface area contributed by atoms with Gasteiger partial charge in [0.1, 0.15) is 0 Å². The molecule has 0 N–H and O–H groups in total. The van der Waals surface area contributed by atoms with E-state index in [4.69, 9.17) is 0 Å². The molecule has 0 aromatic heterocycles. The fourth-order valence-corrected chi connectivity index (χ4v) is 1.94. The molecule has 11 heavy (non-hydrogen) atoms. The summed E-state index contributed by atoms with van der Waals surface area (Å²) in [7, 11) is 0. The second-order valence-electron chi connectivity index (χ2n) is 3.37. The van der Waals surface area contributed by atoms with Crippen molar-refractivity contribution < 1.29 is 0 Å². The van der Waals surface area contributed by atoms with E-state index in [9.17, 15) is 0 Å². The first kappa shape index (κ1) is 9.05. The van der Waals surface area contributed by atoms with Crippen LogP contribution in [-0.4, -0.2) is 24.0 Å². The van der Waals surface area contributed by atoms with E-state index in [1.807, 2.05) is 0 Å². The molecular formula is C10H20N. The molecule has 1 saturated heterocycles. The molecule has 1 aliphatic rings. The third-order valence-corrected chi connectivity index (χ3v) is 2.70. The van der Waals surface area contributed by atoms with Crippen LogP contribution in [-0.2, 0) is 0 Å². The van der Waals surface area contributed by atoms with Gasteiger partial charge in [-0.05, 0) is 45.2 Å². The summed E-state index contributed by atoms with van der Waals surface area (Å²) >= 11 is 0. The minimum absolute atomic E-state index is 0.851. The number of nitrogens with zero attached hydrogens (tertiary/aromatic N) is 1. The Bertz CT molecular complexity index is 91.0. The summed E-state index contributed by atoms with van der Waals surface area (Å²) in [4.78, 5) is 2.64. The smallest absolute Gasteiger partial charge is 0.00900 e. The lowest BCUT2D eigenvalue weighted by Gasteiger charge is -2.33. The van der Waals surface area contributed by atoms with Crippen LogP contribution in [0.2, 0.25) is 0 Å². The Morgan fingerprint density at radius 2 is 1.73 bits per heavy atom. The predicted molar refractivity (Wildman–Crippen MR) is 49.5 cm³/mol. The van der Waals surface area contributed by atoms with Crippen molar-refractivity contribution in [1.29, 1.82) is 0 Å². The summed E-state index contributed by atoms with van der Waals surface area (Å²) in [5, 5.41) is 0. The summed E-state index contributed by atoms with van der Waals surface area (Å²) in [6.45, 7) is 7.19. The van der Waals surface area contributed by atoms with E-state index in [0.717, 1.165) is 6.04 Å². The molecule has 0 aromatic rings. The highest BCUT2D eigenvalue weighted by Gasteiger charge is 2.16. The molecule has 0 saturated carbocycles. The molecule has 65 valence electrons. The lowest BCUT2D eigenvalue weighted by molar-refractivity contribution is 0.172. The molecule has 1 aliphatic heterocycles. The highest BCUT2D eigenvalue weighted by molar-refractivity contribution is 4.80. The molecule has 1 fully saturated rings. The van der Waals surface area contributed by atoms with Gasteiger partial charge in [0.05, 0.1) is 0 Å². The maximum Gasteiger partial charge on any atom is 0.00900 e. The average molecular weight is 154 g/mol. The summed E-state index contributed by atoms with van der Waals surface area (Å²) in [5.41, 5.74) is 0. The molecule has 0 aliphatic carbocycles. The Morgan fingerprint density at radius 3 is 2.18 bits per heavy atom. The van der Waals surface area contributed by atoms with Crippen molar-refractivity contribution in [2.45, 2.75) is 45.6 Å². The summed E-state index contributed by atoms with van der Waals surface area (Å²) in [6.07, 6.45) is 7.65. The monoisotopic (exact) mass is 154 g/mol. The van der Waals surface area contributed by atoms with Crippen LogP contribution >= 0.6 is 0 Å². The molecule has 0 aromatic carbocycles. The molecule has 0 atom stereocenters. The summed E-state index contributed by atoms with van der Waals surface area (Å²) in [6, 6.07) is 0.851. The number of likely N-dealkylation sites (tertiary alicyclic amines) is 1. The highest BCUT2D eigenvalue weighted by Crippen LogP contribution is 2.15. The average Bonchev–Trinajstić information content (AvgIpc) is 2.09. The fourth-order valence-electron chi connectivity index (χ4n) is 1.94. The van der Waals surface area contributed by atoms with Crippen molar-refractivity contribution in [3.8, 4) is 0 Å². The first-order valence-corrected chi connectivity index (χ1v) is 4.94. The van der Waals surface area contributed by atoms with Gasteiger partial charge in [-0.25, -0.2) is 0 Å². The zero-order chi connectivity index (χ0) is 8.10. The lowest BCUT2D eigenvalue weighted by atomic mass is 10.1. The third kappa shape index (κ3) is 2.48. The second-order valence-corrected chi connectivity index (χ2v) is 3.37. The van der Waals surface area contributed by atoms with E-state index in [1.165, 1.54) is 38.8 Å². The largest absolute Gasteiger partial charge is 0.300 e. The maximum absolute atomic E-state index is 2.64. The van der Waals surface area contributed by atoms with Gasteiger partial charge in [0.15, 0.2) is 0 Å².